The molecule has 7 heteroatoms. The summed E-state index contributed by atoms with van der Waals surface area (Å²) < 4.78 is 2.49. The Hall–Kier alpha value is -1.86. The molecule has 0 aliphatic heterocycles. The zero-order chi connectivity index (χ0) is 14.5. The second-order valence-electron chi connectivity index (χ2n) is 4.21. The number of nitrogens with one attached hydrogen (secondary N) is 2. The third-order valence-corrected chi connectivity index (χ3v) is 3.60. The minimum Gasteiger partial charge on any atom is -0.394 e. The Morgan fingerprint density at radius 1 is 1.45 bits per heavy atom. The second-order valence-corrected chi connectivity index (χ2v) is 5.06. The van der Waals surface area contributed by atoms with Crippen molar-refractivity contribution in [3.05, 3.63) is 40.6 Å². The summed E-state index contributed by atoms with van der Waals surface area (Å²) >= 11 is 3.41. The van der Waals surface area contributed by atoms with E-state index in [1.54, 1.807) is 10.9 Å². The van der Waals surface area contributed by atoms with Crippen molar-refractivity contribution in [1.29, 1.82) is 0 Å². The van der Waals surface area contributed by atoms with E-state index in [0.29, 0.717) is 12.2 Å². The summed E-state index contributed by atoms with van der Waals surface area (Å²) in [5, 5.41) is 18.3. The molecule has 2 rings (SSSR count). The predicted molar refractivity (Wildman–Crippen MR) is 80.8 cm³/mol. The number of nitrogens with zero attached hydrogens (tertiary/aromatic N) is 2. The lowest BCUT2D eigenvalue weighted by molar-refractivity contribution is 0.262. The Bertz CT molecular complexity index is 612. The standard InChI is InChI=1S/C13H15BrN4O2/c1-9-11(14)3-2-4-12(9)17-13(20)16-10-7-15-18(8-10)5-6-19/h2-4,7-8,19H,5-6H2,1H3,(H2,16,17,20). The average Bonchev–Trinajstić information content (AvgIpc) is 2.83. The minimum absolute atomic E-state index is 0.00452. The van der Waals surface area contributed by atoms with Crippen molar-refractivity contribution in [1.82, 2.24) is 9.78 Å². The molecule has 1 aromatic heterocycles. The van der Waals surface area contributed by atoms with Crippen molar-refractivity contribution in [2.45, 2.75) is 13.5 Å². The molecular weight excluding hydrogens is 324 g/mol. The molecule has 1 aromatic carbocycles. The first kappa shape index (κ1) is 14.5. The number of carbonyl (C=O) groups is 1. The van der Waals surface area contributed by atoms with E-state index in [-0.39, 0.29) is 12.6 Å². The molecule has 0 atom stereocenters. The summed E-state index contributed by atoms with van der Waals surface area (Å²) in [4.78, 5) is 11.9. The van der Waals surface area contributed by atoms with E-state index in [0.717, 1.165) is 15.7 Å². The molecule has 0 aliphatic carbocycles. The number of aliphatic hydroxyl groups is 1. The maximum atomic E-state index is 11.9. The molecule has 0 saturated carbocycles. The molecule has 0 fully saturated rings. The highest BCUT2D eigenvalue weighted by molar-refractivity contribution is 9.10. The van der Waals surface area contributed by atoms with Crippen LogP contribution in [-0.4, -0.2) is 27.5 Å². The maximum absolute atomic E-state index is 11.9. The van der Waals surface area contributed by atoms with Crippen LogP contribution in [0.5, 0.6) is 0 Å². The van der Waals surface area contributed by atoms with E-state index in [1.807, 2.05) is 25.1 Å². The zero-order valence-electron chi connectivity index (χ0n) is 10.9. The van der Waals surface area contributed by atoms with Crippen molar-refractivity contribution < 1.29 is 9.90 Å². The molecule has 20 heavy (non-hydrogen) atoms. The van der Waals surface area contributed by atoms with E-state index in [2.05, 4.69) is 31.7 Å². The van der Waals surface area contributed by atoms with Crippen LogP contribution in [0.25, 0.3) is 0 Å². The van der Waals surface area contributed by atoms with Crippen LogP contribution < -0.4 is 10.6 Å². The van der Waals surface area contributed by atoms with Crippen LogP contribution in [0.1, 0.15) is 5.56 Å². The van der Waals surface area contributed by atoms with E-state index >= 15 is 0 Å². The van der Waals surface area contributed by atoms with E-state index in [1.165, 1.54) is 6.20 Å². The number of aliphatic hydroxyl groups excluding tert-OH is 1. The average molecular weight is 339 g/mol. The van der Waals surface area contributed by atoms with Gasteiger partial charge in [0.25, 0.3) is 0 Å². The number of anilines is 2. The van der Waals surface area contributed by atoms with Gasteiger partial charge in [0.2, 0.25) is 0 Å². The molecule has 0 radical (unpaired) electrons. The lowest BCUT2D eigenvalue weighted by atomic mass is 10.2. The SMILES string of the molecule is Cc1c(Br)cccc1NC(=O)Nc1cnn(CCO)c1. The Labute approximate surface area is 124 Å². The molecular formula is C13H15BrN4O2. The number of amides is 2. The summed E-state index contributed by atoms with van der Waals surface area (Å²) in [5.41, 5.74) is 2.27. The molecule has 0 aliphatic rings. The van der Waals surface area contributed by atoms with Gasteiger partial charge in [-0.3, -0.25) is 4.68 Å². The molecule has 1 heterocycles. The normalized spacial score (nSPS) is 10.3. The molecule has 106 valence electrons. The zero-order valence-corrected chi connectivity index (χ0v) is 12.5. The van der Waals surface area contributed by atoms with Crippen LogP contribution in [0.4, 0.5) is 16.2 Å². The van der Waals surface area contributed by atoms with E-state index in [4.69, 9.17) is 5.11 Å². The smallest absolute Gasteiger partial charge is 0.323 e. The fourth-order valence-electron chi connectivity index (χ4n) is 1.68. The highest BCUT2D eigenvalue weighted by atomic mass is 79.9. The van der Waals surface area contributed by atoms with Gasteiger partial charge in [-0.25, -0.2) is 4.79 Å². The highest BCUT2D eigenvalue weighted by Gasteiger charge is 2.07. The van der Waals surface area contributed by atoms with Gasteiger partial charge in [-0.1, -0.05) is 22.0 Å². The lowest BCUT2D eigenvalue weighted by Gasteiger charge is -2.09. The maximum Gasteiger partial charge on any atom is 0.323 e. The number of halogens is 1. The number of hydrogen-bond donors (Lipinski definition) is 3. The lowest BCUT2D eigenvalue weighted by Crippen LogP contribution is -2.19. The summed E-state index contributed by atoms with van der Waals surface area (Å²) in [6.45, 7) is 2.32. The number of rotatable bonds is 4. The number of benzene rings is 1. The van der Waals surface area contributed by atoms with E-state index < -0.39 is 0 Å². The summed E-state index contributed by atoms with van der Waals surface area (Å²) in [5.74, 6) is 0. The van der Waals surface area contributed by atoms with Crippen LogP contribution in [0.2, 0.25) is 0 Å². The van der Waals surface area contributed by atoms with Gasteiger partial charge in [-0.15, -0.1) is 0 Å². The first-order chi connectivity index (χ1) is 9.60. The molecule has 0 spiro atoms. The fourth-order valence-corrected chi connectivity index (χ4v) is 2.05. The van der Waals surface area contributed by atoms with Gasteiger partial charge in [-0.2, -0.15) is 5.10 Å². The van der Waals surface area contributed by atoms with Crippen LogP contribution >= 0.6 is 15.9 Å². The minimum atomic E-state index is -0.338. The number of hydrogen-bond acceptors (Lipinski definition) is 3. The molecule has 0 unspecified atom stereocenters. The third kappa shape index (κ3) is 3.58. The molecule has 0 bridgehead atoms. The van der Waals surface area contributed by atoms with Crippen molar-refractivity contribution in [3.63, 3.8) is 0 Å². The number of aromatic nitrogens is 2. The Balaban J connectivity index is 1.99. The largest absolute Gasteiger partial charge is 0.394 e. The van der Waals surface area contributed by atoms with Crippen LogP contribution in [0.3, 0.4) is 0 Å². The van der Waals surface area contributed by atoms with Crippen molar-refractivity contribution in [2.24, 2.45) is 0 Å². The molecule has 0 saturated heterocycles. The first-order valence-electron chi connectivity index (χ1n) is 6.06. The van der Waals surface area contributed by atoms with Gasteiger partial charge in [0.15, 0.2) is 0 Å². The van der Waals surface area contributed by atoms with Gasteiger partial charge in [0.1, 0.15) is 0 Å². The first-order valence-corrected chi connectivity index (χ1v) is 6.86. The molecule has 2 amide bonds. The van der Waals surface area contributed by atoms with Gasteiger partial charge < -0.3 is 15.7 Å². The van der Waals surface area contributed by atoms with Crippen LogP contribution in [-0.2, 0) is 6.54 Å². The Morgan fingerprint density at radius 3 is 3.00 bits per heavy atom. The fraction of sp³-hybridized carbons (Fsp3) is 0.231. The molecule has 2 aromatic rings. The Morgan fingerprint density at radius 2 is 2.25 bits per heavy atom. The van der Waals surface area contributed by atoms with Crippen molar-refractivity contribution in [3.8, 4) is 0 Å². The van der Waals surface area contributed by atoms with E-state index in [9.17, 15) is 4.79 Å². The number of carbonyl (C=O) groups excluding carboxylic acids is 1. The quantitative estimate of drug-likeness (QED) is 0.801. The van der Waals surface area contributed by atoms with Gasteiger partial charge >= 0.3 is 6.03 Å². The monoisotopic (exact) mass is 338 g/mol. The van der Waals surface area contributed by atoms with Gasteiger partial charge in [0.05, 0.1) is 25.0 Å². The Kier molecular flexibility index (Phi) is 4.75. The van der Waals surface area contributed by atoms with Crippen molar-refractivity contribution in [2.75, 3.05) is 17.2 Å². The van der Waals surface area contributed by atoms with Crippen LogP contribution in [0, 0.1) is 6.92 Å². The highest BCUT2D eigenvalue weighted by Crippen LogP contribution is 2.23. The topological polar surface area (TPSA) is 79.2 Å². The van der Waals surface area contributed by atoms with Crippen molar-refractivity contribution >= 4 is 33.3 Å². The summed E-state index contributed by atoms with van der Waals surface area (Å²) in [6.07, 6.45) is 3.19. The van der Waals surface area contributed by atoms with Crippen LogP contribution in [0.15, 0.2) is 35.1 Å². The van der Waals surface area contributed by atoms with Gasteiger partial charge in [-0.05, 0) is 24.6 Å². The third-order valence-electron chi connectivity index (χ3n) is 2.74. The molecule has 6 nitrogen and oxygen atoms in total. The number of urea groups is 1. The summed E-state index contributed by atoms with van der Waals surface area (Å²) in [6, 6.07) is 5.26. The molecule has 3 N–H and O–H groups in total. The second kappa shape index (κ2) is 6.53. The summed E-state index contributed by atoms with van der Waals surface area (Å²) in [7, 11) is 0. The predicted octanol–water partition coefficient (Wildman–Crippen LogP) is 2.59. The van der Waals surface area contributed by atoms with Gasteiger partial charge in [0, 0.05) is 16.4 Å².